The van der Waals surface area contributed by atoms with Crippen molar-refractivity contribution in [3.05, 3.63) is 52.5 Å². The third-order valence-corrected chi connectivity index (χ3v) is 11.9. The van der Waals surface area contributed by atoms with Gasteiger partial charge in [-0.05, 0) is 64.4 Å². The summed E-state index contributed by atoms with van der Waals surface area (Å²) < 4.78 is 12.1. The molecule has 12 nitrogen and oxygen atoms in total. The van der Waals surface area contributed by atoms with Gasteiger partial charge < -0.3 is 35.2 Å². The van der Waals surface area contributed by atoms with Gasteiger partial charge in [0.25, 0.3) is 0 Å². The van der Waals surface area contributed by atoms with Crippen molar-refractivity contribution in [2.75, 3.05) is 27.8 Å². The first-order valence-corrected chi connectivity index (χ1v) is 20.8. The Bertz CT molecular complexity index is 1500. The molecule has 0 spiro atoms. The highest BCUT2D eigenvalue weighted by molar-refractivity contribution is 7.09. The number of nitrogens with one attached hydrogen (secondary N) is 3. The van der Waals surface area contributed by atoms with Gasteiger partial charge >= 0.3 is 0 Å². The van der Waals surface area contributed by atoms with Crippen LogP contribution >= 0.6 is 11.3 Å². The molecule has 1 aliphatic heterocycles. The normalized spacial score (nSPS) is 18.7. The number of amides is 4. The van der Waals surface area contributed by atoms with Gasteiger partial charge in [-0.3, -0.25) is 19.2 Å². The zero-order valence-corrected chi connectivity index (χ0v) is 36.1. The zero-order valence-electron chi connectivity index (χ0n) is 35.3. The second-order valence-corrected chi connectivity index (χ2v) is 17.3. The molecule has 0 saturated carbocycles. The number of ether oxygens (including phenoxy) is 2. The Kier molecular flexibility index (Phi) is 17.7. The van der Waals surface area contributed by atoms with E-state index in [0.717, 1.165) is 23.4 Å². The molecule has 2 aromatic rings. The largest absolute Gasteiger partial charge is 0.379 e. The molecule has 1 fully saturated rings. The first-order chi connectivity index (χ1) is 26.0. The average molecular weight is 785 g/mol. The maximum absolute atomic E-state index is 14.3. The van der Waals surface area contributed by atoms with Crippen LogP contribution < -0.4 is 16.0 Å². The molecule has 1 aromatic heterocycles. The molecule has 3 rings (SSSR count). The summed E-state index contributed by atoms with van der Waals surface area (Å²) in [5, 5.41) is 12.3. The van der Waals surface area contributed by atoms with Crippen molar-refractivity contribution in [2.45, 2.75) is 142 Å². The van der Waals surface area contributed by atoms with Gasteiger partial charge in [0, 0.05) is 45.4 Å². The maximum Gasteiger partial charge on any atom is 0.245 e. The summed E-state index contributed by atoms with van der Waals surface area (Å²) in [7, 11) is 4.91. The Balaban J connectivity index is 1.78. The molecule has 1 unspecified atom stereocenters. The van der Waals surface area contributed by atoms with E-state index in [2.05, 4.69) is 34.8 Å². The minimum absolute atomic E-state index is 0.0132. The molecular weight excluding hydrogens is 717 g/mol. The van der Waals surface area contributed by atoms with E-state index in [0.29, 0.717) is 19.4 Å². The van der Waals surface area contributed by atoms with Gasteiger partial charge in [-0.15, -0.1) is 11.3 Å². The molecule has 0 radical (unpaired) electrons. The zero-order chi connectivity index (χ0) is 41.0. The third-order valence-electron chi connectivity index (χ3n) is 11.0. The van der Waals surface area contributed by atoms with Gasteiger partial charge in [0.05, 0.1) is 48.2 Å². The molecule has 1 saturated heterocycles. The highest BCUT2D eigenvalue weighted by Crippen LogP contribution is 2.30. The Morgan fingerprint density at radius 1 is 1.02 bits per heavy atom. The summed E-state index contributed by atoms with van der Waals surface area (Å²) in [6.07, 6.45) is 3.46. The first-order valence-electron chi connectivity index (χ1n) is 19.9. The first kappa shape index (κ1) is 46.0. The summed E-state index contributed by atoms with van der Waals surface area (Å²) in [5.74, 6) is -1.51. The van der Waals surface area contributed by atoms with E-state index in [9.17, 15) is 19.2 Å². The standard InChI is InChI=1S/C42H68N6O6S/c1-13-28(6)36(47(10)40(51)35(26(2)3)45-41(52)42(8,9)46-27(4)5)33(53-11)25-34(49)48-22-17-20-32(48)37(54-12)29(7)38(50)44-31(39-43-21-23-55-39)24-30-18-15-14-16-19-30/h14-16,18-19,21,23,26-29,31-33,35-37,46H,13,17,20,22,24-25H2,1-12H3,(H,44,50)(H,45,52)/t28-,29+,31-,32-,33+,35?,36-,37+/m0/s1. The van der Waals surface area contributed by atoms with Gasteiger partial charge in [0.2, 0.25) is 23.6 Å². The van der Waals surface area contributed by atoms with E-state index in [1.165, 1.54) is 11.3 Å². The number of rotatable bonds is 21. The van der Waals surface area contributed by atoms with Crippen molar-refractivity contribution in [3.8, 4) is 0 Å². The summed E-state index contributed by atoms with van der Waals surface area (Å²) >= 11 is 1.51. The highest BCUT2D eigenvalue weighted by Gasteiger charge is 2.43. The monoisotopic (exact) mass is 784 g/mol. The van der Waals surface area contributed by atoms with Crippen molar-refractivity contribution in [1.82, 2.24) is 30.7 Å². The van der Waals surface area contributed by atoms with E-state index in [-0.39, 0.29) is 60.0 Å². The molecule has 4 amide bonds. The summed E-state index contributed by atoms with van der Waals surface area (Å²) in [4.78, 5) is 63.9. The number of thiazole rings is 1. The number of aromatic nitrogens is 1. The van der Waals surface area contributed by atoms with Crippen molar-refractivity contribution < 1.29 is 28.7 Å². The molecule has 1 aliphatic rings. The lowest BCUT2D eigenvalue weighted by Gasteiger charge is -2.41. The van der Waals surface area contributed by atoms with E-state index >= 15 is 0 Å². The van der Waals surface area contributed by atoms with Crippen LogP contribution in [0.4, 0.5) is 0 Å². The van der Waals surface area contributed by atoms with Crippen molar-refractivity contribution in [2.24, 2.45) is 17.8 Å². The number of hydrogen-bond donors (Lipinski definition) is 3. The predicted octanol–water partition coefficient (Wildman–Crippen LogP) is 5.38. The van der Waals surface area contributed by atoms with E-state index < -0.39 is 35.7 Å². The minimum atomic E-state index is -0.882. The molecule has 3 N–H and O–H groups in total. The molecule has 0 aliphatic carbocycles. The van der Waals surface area contributed by atoms with Gasteiger partial charge in [-0.1, -0.05) is 71.4 Å². The topological polar surface area (TPSA) is 142 Å². The van der Waals surface area contributed by atoms with Crippen LogP contribution in [0.2, 0.25) is 0 Å². The highest BCUT2D eigenvalue weighted by atomic mass is 32.1. The fraction of sp³-hybridized carbons (Fsp3) is 0.690. The number of carbonyl (C=O) groups is 4. The number of benzene rings is 1. The smallest absolute Gasteiger partial charge is 0.245 e. The molecule has 1 aromatic carbocycles. The van der Waals surface area contributed by atoms with Gasteiger partial charge in [-0.25, -0.2) is 4.98 Å². The second-order valence-electron chi connectivity index (χ2n) is 16.3. The number of carbonyl (C=O) groups excluding carboxylic acids is 4. The van der Waals surface area contributed by atoms with Gasteiger partial charge in [-0.2, -0.15) is 0 Å². The lowest BCUT2D eigenvalue weighted by atomic mass is 9.89. The maximum atomic E-state index is 14.3. The second kappa shape index (κ2) is 21.2. The van der Waals surface area contributed by atoms with Crippen molar-refractivity contribution in [3.63, 3.8) is 0 Å². The molecule has 2 heterocycles. The van der Waals surface area contributed by atoms with Crippen LogP contribution in [0, 0.1) is 17.8 Å². The number of likely N-dealkylation sites (tertiary alicyclic amines) is 1. The molecule has 13 heteroatoms. The Labute approximate surface area is 333 Å². The lowest BCUT2D eigenvalue weighted by Crippen LogP contribution is -2.62. The lowest BCUT2D eigenvalue weighted by molar-refractivity contribution is -0.148. The van der Waals surface area contributed by atoms with Crippen LogP contribution in [0.5, 0.6) is 0 Å². The van der Waals surface area contributed by atoms with Crippen LogP contribution in [0.25, 0.3) is 0 Å². The van der Waals surface area contributed by atoms with Crippen LogP contribution in [0.1, 0.15) is 105 Å². The summed E-state index contributed by atoms with van der Waals surface area (Å²) in [6, 6.07) is 8.26. The van der Waals surface area contributed by atoms with Gasteiger partial charge in [0.15, 0.2) is 0 Å². The molecule has 8 atom stereocenters. The van der Waals surface area contributed by atoms with Gasteiger partial charge in [0.1, 0.15) is 11.0 Å². The quantitative estimate of drug-likeness (QED) is 0.153. The summed E-state index contributed by atoms with van der Waals surface area (Å²) in [5.41, 5.74) is 0.211. The number of likely N-dealkylation sites (N-methyl/N-ethyl adjacent to an activating group) is 1. The molecule has 0 bridgehead atoms. The number of hydrogen-bond acceptors (Lipinski definition) is 9. The fourth-order valence-electron chi connectivity index (χ4n) is 7.91. The van der Waals surface area contributed by atoms with Crippen LogP contribution in [0.3, 0.4) is 0 Å². The Morgan fingerprint density at radius 3 is 2.24 bits per heavy atom. The predicted molar refractivity (Wildman–Crippen MR) is 218 cm³/mol. The summed E-state index contributed by atoms with van der Waals surface area (Å²) in [6.45, 7) is 17.9. The molecule has 308 valence electrons. The van der Waals surface area contributed by atoms with E-state index in [4.69, 9.17) is 9.47 Å². The van der Waals surface area contributed by atoms with Crippen LogP contribution in [-0.4, -0.2) is 108 Å². The van der Waals surface area contributed by atoms with E-state index in [1.807, 2.05) is 75.2 Å². The minimum Gasteiger partial charge on any atom is -0.379 e. The van der Waals surface area contributed by atoms with E-state index in [1.54, 1.807) is 46.2 Å². The van der Waals surface area contributed by atoms with Crippen LogP contribution in [-0.2, 0) is 35.1 Å². The fourth-order valence-corrected chi connectivity index (χ4v) is 8.60. The molecular formula is C42H68N6O6S. The SMILES string of the molecule is CC[C@H](C)[C@@H]([C@@H](CC(=O)N1CCC[C@H]1[C@H](OC)[C@@H](C)C(=O)N[C@@H](Cc1ccccc1)c1nccs1)OC)N(C)C(=O)C(NC(=O)C(C)(C)NC(C)C)C(C)C. The average Bonchev–Trinajstić information content (AvgIpc) is 3.86. The van der Waals surface area contributed by atoms with Crippen molar-refractivity contribution in [1.29, 1.82) is 0 Å². The number of nitrogens with zero attached hydrogens (tertiary/aromatic N) is 3. The Morgan fingerprint density at radius 2 is 1.69 bits per heavy atom. The van der Waals surface area contributed by atoms with Crippen molar-refractivity contribution >= 4 is 35.0 Å². The Hall–Kier alpha value is -3.39. The third kappa shape index (κ3) is 12.3. The number of methoxy groups -OCH3 is 2. The van der Waals surface area contributed by atoms with Crippen LogP contribution in [0.15, 0.2) is 41.9 Å². The molecule has 55 heavy (non-hydrogen) atoms.